The molecule has 0 saturated heterocycles. The first-order valence-electron chi connectivity index (χ1n) is 8.43. The second-order valence-electron chi connectivity index (χ2n) is 5.84. The van der Waals surface area contributed by atoms with Crippen LogP contribution in [0.4, 0.5) is 5.69 Å². The number of hydrazine groups is 1. The van der Waals surface area contributed by atoms with Gasteiger partial charge in [-0.3, -0.25) is 30.6 Å². The Labute approximate surface area is 169 Å². The Balaban J connectivity index is 1.52. The fourth-order valence-electron chi connectivity index (χ4n) is 2.34. The van der Waals surface area contributed by atoms with Crippen LogP contribution in [-0.2, 0) is 4.79 Å². The van der Waals surface area contributed by atoms with Gasteiger partial charge in [-0.2, -0.15) is 0 Å². The molecule has 0 aliphatic heterocycles. The maximum Gasteiger partial charge on any atom is 0.281 e. The van der Waals surface area contributed by atoms with Gasteiger partial charge in [-0.25, -0.2) is 4.98 Å². The quantitative estimate of drug-likeness (QED) is 0.474. The molecule has 9 nitrogen and oxygen atoms in total. The summed E-state index contributed by atoms with van der Waals surface area (Å²) in [6.07, 6.45) is 0. The van der Waals surface area contributed by atoms with E-state index in [-0.39, 0.29) is 12.3 Å². The summed E-state index contributed by atoms with van der Waals surface area (Å²) in [6, 6.07) is 14.8. The number of non-ortho nitro benzene ring substituents is 1. The number of hydrogen-bond donors (Lipinski definition) is 2. The Morgan fingerprint density at radius 2 is 1.79 bits per heavy atom. The summed E-state index contributed by atoms with van der Waals surface area (Å²) in [7, 11) is 0. The molecule has 2 aromatic carbocycles. The molecule has 0 unspecified atom stereocenters. The number of amides is 2. The number of hydrogen-bond acceptors (Lipinski definition) is 7. The Hall–Kier alpha value is -3.79. The van der Waals surface area contributed by atoms with Crippen LogP contribution >= 0.6 is 11.3 Å². The predicted octanol–water partition coefficient (Wildman–Crippen LogP) is 2.87. The summed E-state index contributed by atoms with van der Waals surface area (Å²) in [5.74, 6) is -0.768. The van der Waals surface area contributed by atoms with Crippen LogP contribution in [0.15, 0.2) is 54.6 Å². The number of nitro groups is 1. The van der Waals surface area contributed by atoms with Crippen molar-refractivity contribution in [2.24, 2.45) is 0 Å². The Morgan fingerprint density at radius 3 is 2.45 bits per heavy atom. The topological polar surface area (TPSA) is 123 Å². The molecule has 0 saturated carbocycles. The van der Waals surface area contributed by atoms with Crippen LogP contribution in [0.1, 0.15) is 15.4 Å². The molecule has 0 aliphatic rings. The number of nitrogens with zero attached hydrogens (tertiary/aromatic N) is 2. The summed E-state index contributed by atoms with van der Waals surface area (Å²) in [5.41, 5.74) is 5.97. The summed E-state index contributed by atoms with van der Waals surface area (Å²) in [6.45, 7) is 1.35. The van der Waals surface area contributed by atoms with Crippen molar-refractivity contribution in [2.75, 3.05) is 6.61 Å². The van der Waals surface area contributed by atoms with Crippen LogP contribution in [0.3, 0.4) is 0 Å². The lowest BCUT2D eigenvalue weighted by Gasteiger charge is -2.08. The second-order valence-corrected chi connectivity index (χ2v) is 6.84. The van der Waals surface area contributed by atoms with Gasteiger partial charge in [0, 0.05) is 17.7 Å². The van der Waals surface area contributed by atoms with Gasteiger partial charge in [0.1, 0.15) is 15.6 Å². The molecule has 0 radical (unpaired) electrons. The SMILES string of the molecule is Cc1nc(-c2ccccc2)sc1C(=O)NNC(=O)COc1ccc([N+](=O)[O-])cc1. The van der Waals surface area contributed by atoms with Gasteiger partial charge < -0.3 is 4.74 Å². The monoisotopic (exact) mass is 412 g/mol. The third-order valence-corrected chi connectivity index (χ3v) is 4.96. The lowest BCUT2D eigenvalue weighted by atomic mass is 10.2. The molecule has 148 valence electrons. The highest BCUT2D eigenvalue weighted by Gasteiger charge is 2.17. The normalized spacial score (nSPS) is 10.2. The standard InChI is InChI=1S/C19H16N4O5S/c1-12-17(29-19(20-12)13-5-3-2-4-6-13)18(25)22-21-16(24)11-28-15-9-7-14(8-10-15)23(26)27/h2-10H,11H2,1H3,(H,21,24)(H,22,25). The molecule has 1 heterocycles. The van der Waals surface area contributed by atoms with Gasteiger partial charge >= 0.3 is 0 Å². The molecule has 29 heavy (non-hydrogen) atoms. The minimum atomic E-state index is -0.581. The summed E-state index contributed by atoms with van der Waals surface area (Å²) in [4.78, 5) is 39.1. The highest BCUT2D eigenvalue weighted by Crippen LogP contribution is 2.27. The molecular formula is C19H16N4O5S. The van der Waals surface area contributed by atoms with Crippen molar-refractivity contribution in [3.8, 4) is 16.3 Å². The van der Waals surface area contributed by atoms with Crippen molar-refractivity contribution in [3.05, 3.63) is 75.3 Å². The molecular weight excluding hydrogens is 396 g/mol. The molecule has 0 fully saturated rings. The van der Waals surface area contributed by atoms with E-state index in [9.17, 15) is 19.7 Å². The van der Waals surface area contributed by atoms with E-state index >= 15 is 0 Å². The van der Waals surface area contributed by atoms with Crippen molar-refractivity contribution < 1.29 is 19.2 Å². The number of nitrogens with one attached hydrogen (secondary N) is 2. The minimum Gasteiger partial charge on any atom is -0.484 e. The van der Waals surface area contributed by atoms with Gasteiger partial charge in [-0.05, 0) is 19.1 Å². The van der Waals surface area contributed by atoms with Crippen molar-refractivity contribution in [1.82, 2.24) is 15.8 Å². The number of aromatic nitrogens is 1. The van der Waals surface area contributed by atoms with Crippen molar-refractivity contribution >= 4 is 28.8 Å². The van der Waals surface area contributed by atoms with Crippen LogP contribution in [0, 0.1) is 17.0 Å². The zero-order valence-electron chi connectivity index (χ0n) is 15.2. The van der Waals surface area contributed by atoms with E-state index in [1.165, 1.54) is 35.6 Å². The van der Waals surface area contributed by atoms with Gasteiger partial charge in [0.2, 0.25) is 0 Å². The maximum atomic E-state index is 12.3. The smallest absolute Gasteiger partial charge is 0.281 e. The van der Waals surface area contributed by atoms with Crippen molar-refractivity contribution in [1.29, 1.82) is 0 Å². The van der Waals surface area contributed by atoms with Crippen LogP contribution in [0.2, 0.25) is 0 Å². The van der Waals surface area contributed by atoms with Gasteiger partial charge in [-0.15, -0.1) is 11.3 Å². The zero-order valence-corrected chi connectivity index (χ0v) is 16.1. The minimum absolute atomic E-state index is 0.0798. The molecule has 2 N–H and O–H groups in total. The van der Waals surface area contributed by atoms with Crippen molar-refractivity contribution in [2.45, 2.75) is 6.92 Å². The zero-order chi connectivity index (χ0) is 20.8. The molecule has 3 aromatic rings. The summed E-state index contributed by atoms with van der Waals surface area (Å²) >= 11 is 1.23. The van der Waals surface area contributed by atoms with Crippen LogP contribution in [0.5, 0.6) is 5.75 Å². The number of aryl methyl sites for hydroxylation is 1. The number of benzene rings is 2. The summed E-state index contributed by atoms with van der Waals surface area (Å²) < 4.78 is 5.23. The van der Waals surface area contributed by atoms with E-state index < -0.39 is 16.7 Å². The molecule has 0 aliphatic carbocycles. The van der Waals surface area contributed by atoms with Gasteiger partial charge in [0.15, 0.2) is 6.61 Å². The van der Waals surface area contributed by atoms with E-state index in [2.05, 4.69) is 15.8 Å². The fraction of sp³-hybridized carbons (Fsp3) is 0.105. The van der Waals surface area contributed by atoms with Crippen LogP contribution < -0.4 is 15.6 Å². The number of ether oxygens (including phenoxy) is 1. The maximum absolute atomic E-state index is 12.3. The highest BCUT2D eigenvalue weighted by atomic mass is 32.1. The highest BCUT2D eigenvalue weighted by molar-refractivity contribution is 7.17. The first-order chi connectivity index (χ1) is 13.9. The third kappa shape index (κ3) is 5.14. The van der Waals surface area contributed by atoms with Crippen LogP contribution in [-0.4, -0.2) is 28.3 Å². The fourth-order valence-corrected chi connectivity index (χ4v) is 3.31. The average molecular weight is 412 g/mol. The lowest BCUT2D eigenvalue weighted by molar-refractivity contribution is -0.384. The molecule has 1 aromatic heterocycles. The molecule has 0 bridgehead atoms. The molecule has 10 heteroatoms. The second kappa shape index (κ2) is 8.93. The van der Waals surface area contributed by atoms with Gasteiger partial charge in [0.25, 0.3) is 17.5 Å². The van der Waals surface area contributed by atoms with E-state index in [1.807, 2.05) is 30.3 Å². The van der Waals surface area contributed by atoms with E-state index in [0.717, 1.165) is 5.56 Å². The Morgan fingerprint density at radius 1 is 1.10 bits per heavy atom. The molecule has 0 spiro atoms. The Bertz CT molecular complexity index is 1030. The van der Waals surface area contributed by atoms with Crippen molar-refractivity contribution in [3.63, 3.8) is 0 Å². The average Bonchev–Trinajstić information content (AvgIpc) is 3.13. The molecule has 0 atom stereocenters. The number of thiazole rings is 1. The Kier molecular flexibility index (Phi) is 6.15. The van der Waals surface area contributed by atoms with Crippen LogP contribution in [0.25, 0.3) is 10.6 Å². The first kappa shape index (κ1) is 20.0. The third-order valence-electron chi connectivity index (χ3n) is 3.76. The van der Waals surface area contributed by atoms with E-state index in [0.29, 0.717) is 21.3 Å². The number of carbonyl (C=O) groups is 2. The largest absolute Gasteiger partial charge is 0.484 e. The van der Waals surface area contributed by atoms with Gasteiger partial charge in [-0.1, -0.05) is 30.3 Å². The van der Waals surface area contributed by atoms with E-state index in [1.54, 1.807) is 6.92 Å². The lowest BCUT2D eigenvalue weighted by Crippen LogP contribution is -2.43. The number of rotatable bonds is 6. The van der Waals surface area contributed by atoms with Gasteiger partial charge in [0.05, 0.1) is 10.6 Å². The molecule has 2 amide bonds. The van der Waals surface area contributed by atoms with E-state index in [4.69, 9.17) is 4.74 Å². The number of nitro benzene ring substituents is 1. The number of carbonyl (C=O) groups excluding carboxylic acids is 2. The first-order valence-corrected chi connectivity index (χ1v) is 9.25. The predicted molar refractivity (Wildman–Crippen MR) is 106 cm³/mol. The molecule has 3 rings (SSSR count). The summed E-state index contributed by atoms with van der Waals surface area (Å²) in [5, 5.41) is 11.3.